The molecule has 0 spiro atoms. The average Bonchev–Trinajstić information content (AvgIpc) is 2.69. The summed E-state index contributed by atoms with van der Waals surface area (Å²) in [4.78, 5) is 0. The van der Waals surface area contributed by atoms with Gasteiger partial charge in [0.25, 0.3) is 0 Å². The zero-order valence-corrected chi connectivity index (χ0v) is 13.1. The quantitative estimate of drug-likeness (QED) is 0.790. The molecular formula is C13H25N3O2S. The van der Waals surface area contributed by atoms with E-state index in [1.165, 1.54) is 6.26 Å². The van der Waals surface area contributed by atoms with Crippen LogP contribution in [-0.4, -0.2) is 36.8 Å². The number of nitrogens with zero attached hydrogens (tertiary/aromatic N) is 2. The molecule has 0 aromatic carbocycles. The van der Waals surface area contributed by atoms with Crippen molar-refractivity contribution in [1.82, 2.24) is 15.1 Å². The van der Waals surface area contributed by atoms with Gasteiger partial charge in [-0.3, -0.25) is 4.68 Å². The molecule has 0 radical (unpaired) electrons. The summed E-state index contributed by atoms with van der Waals surface area (Å²) in [5, 5.41) is 7.85. The number of aromatic nitrogens is 2. The van der Waals surface area contributed by atoms with E-state index in [0.29, 0.717) is 6.42 Å². The van der Waals surface area contributed by atoms with Crippen LogP contribution in [0.3, 0.4) is 0 Å². The highest BCUT2D eigenvalue weighted by Crippen LogP contribution is 2.19. The molecule has 0 saturated carbocycles. The van der Waals surface area contributed by atoms with Crippen molar-refractivity contribution in [3.8, 4) is 0 Å². The summed E-state index contributed by atoms with van der Waals surface area (Å²) in [7, 11) is -2.93. The third-order valence-corrected chi connectivity index (χ3v) is 3.99. The Balaban J connectivity index is 2.88. The minimum atomic E-state index is -2.93. The van der Waals surface area contributed by atoms with Crippen LogP contribution in [-0.2, 0) is 16.4 Å². The number of sulfone groups is 1. The van der Waals surface area contributed by atoms with Gasteiger partial charge in [0.2, 0.25) is 0 Å². The molecule has 0 aliphatic carbocycles. The molecule has 19 heavy (non-hydrogen) atoms. The monoisotopic (exact) mass is 287 g/mol. The Kier molecular flexibility index (Phi) is 6.00. The Morgan fingerprint density at radius 2 is 2.11 bits per heavy atom. The van der Waals surface area contributed by atoms with Crippen molar-refractivity contribution in [2.45, 2.75) is 46.2 Å². The van der Waals surface area contributed by atoms with Crippen molar-refractivity contribution in [1.29, 1.82) is 0 Å². The molecule has 6 heteroatoms. The Bertz CT molecular complexity index is 494. The minimum Gasteiger partial charge on any atom is -0.309 e. The molecule has 1 heterocycles. The van der Waals surface area contributed by atoms with E-state index >= 15 is 0 Å². The third-order valence-electron chi connectivity index (χ3n) is 3.01. The first-order valence-corrected chi connectivity index (χ1v) is 8.88. The second-order valence-electron chi connectivity index (χ2n) is 4.95. The molecule has 0 saturated heterocycles. The first kappa shape index (κ1) is 16.2. The number of nitrogens with one attached hydrogen (secondary N) is 1. The van der Waals surface area contributed by atoms with E-state index in [4.69, 9.17) is 0 Å². The van der Waals surface area contributed by atoms with Crippen molar-refractivity contribution in [3.05, 3.63) is 17.5 Å². The fourth-order valence-corrected chi connectivity index (χ4v) is 2.77. The number of hydrogen-bond donors (Lipinski definition) is 1. The van der Waals surface area contributed by atoms with E-state index in [0.717, 1.165) is 30.9 Å². The van der Waals surface area contributed by atoms with Gasteiger partial charge < -0.3 is 5.32 Å². The highest BCUT2D eigenvalue weighted by molar-refractivity contribution is 7.90. The van der Waals surface area contributed by atoms with Crippen LogP contribution in [0, 0.1) is 6.92 Å². The lowest BCUT2D eigenvalue weighted by Gasteiger charge is -2.19. The molecule has 0 aliphatic rings. The van der Waals surface area contributed by atoms with E-state index < -0.39 is 9.84 Å². The predicted molar refractivity (Wildman–Crippen MR) is 78.0 cm³/mol. The standard InChI is InChI=1S/C13H25N3O2S/c1-5-8-14-12(7-9-19(4,17)18)13-10-11(3)15-16(13)6-2/h10,12,14H,5-9H2,1-4H3. The van der Waals surface area contributed by atoms with Gasteiger partial charge >= 0.3 is 0 Å². The molecule has 1 aromatic heterocycles. The predicted octanol–water partition coefficient (Wildman–Crippen LogP) is 1.69. The Hall–Kier alpha value is -0.880. The largest absolute Gasteiger partial charge is 0.309 e. The van der Waals surface area contributed by atoms with E-state index in [1.807, 2.05) is 24.6 Å². The van der Waals surface area contributed by atoms with Crippen molar-refractivity contribution in [2.75, 3.05) is 18.6 Å². The van der Waals surface area contributed by atoms with Gasteiger partial charge in [0.15, 0.2) is 0 Å². The highest BCUT2D eigenvalue weighted by Gasteiger charge is 2.18. The van der Waals surface area contributed by atoms with Crippen LogP contribution in [0.15, 0.2) is 6.07 Å². The summed E-state index contributed by atoms with van der Waals surface area (Å²) in [6.45, 7) is 7.78. The van der Waals surface area contributed by atoms with E-state index in [9.17, 15) is 8.42 Å². The number of hydrogen-bond acceptors (Lipinski definition) is 4. The molecule has 0 aliphatic heterocycles. The van der Waals surface area contributed by atoms with Gasteiger partial charge in [0, 0.05) is 12.8 Å². The molecule has 0 fully saturated rings. The maximum atomic E-state index is 11.4. The van der Waals surface area contributed by atoms with Crippen LogP contribution >= 0.6 is 0 Å². The lowest BCUT2D eigenvalue weighted by atomic mass is 10.1. The molecule has 1 rings (SSSR count). The number of aryl methyl sites for hydroxylation is 2. The van der Waals surface area contributed by atoms with Crippen molar-refractivity contribution >= 4 is 9.84 Å². The van der Waals surface area contributed by atoms with Gasteiger partial charge in [0.05, 0.1) is 23.2 Å². The van der Waals surface area contributed by atoms with Crippen LogP contribution in [0.5, 0.6) is 0 Å². The van der Waals surface area contributed by atoms with Gasteiger partial charge in [-0.25, -0.2) is 8.42 Å². The fourth-order valence-electron chi connectivity index (χ4n) is 2.10. The van der Waals surface area contributed by atoms with Gasteiger partial charge in [-0.1, -0.05) is 6.92 Å². The molecule has 1 atom stereocenters. The molecular weight excluding hydrogens is 262 g/mol. The van der Waals surface area contributed by atoms with E-state index in [2.05, 4.69) is 17.3 Å². The zero-order valence-electron chi connectivity index (χ0n) is 12.3. The molecule has 0 bridgehead atoms. The average molecular weight is 287 g/mol. The Labute approximate surface area is 116 Å². The molecule has 1 aromatic rings. The smallest absolute Gasteiger partial charge is 0.147 e. The first-order valence-electron chi connectivity index (χ1n) is 6.82. The summed E-state index contributed by atoms with van der Waals surface area (Å²) in [6, 6.07) is 2.09. The van der Waals surface area contributed by atoms with E-state index in [1.54, 1.807) is 0 Å². The Morgan fingerprint density at radius 3 is 2.63 bits per heavy atom. The van der Waals surface area contributed by atoms with Crippen LogP contribution in [0.4, 0.5) is 0 Å². The molecule has 1 N–H and O–H groups in total. The SMILES string of the molecule is CCCNC(CCS(C)(=O)=O)c1cc(C)nn1CC. The minimum absolute atomic E-state index is 0.0517. The third kappa shape index (κ3) is 5.32. The summed E-state index contributed by atoms with van der Waals surface area (Å²) in [5.74, 6) is 0.197. The zero-order chi connectivity index (χ0) is 14.5. The molecule has 5 nitrogen and oxygen atoms in total. The van der Waals surface area contributed by atoms with Crippen LogP contribution in [0.2, 0.25) is 0 Å². The summed E-state index contributed by atoms with van der Waals surface area (Å²) < 4.78 is 24.6. The normalized spacial score (nSPS) is 13.7. The number of rotatable bonds is 8. The summed E-state index contributed by atoms with van der Waals surface area (Å²) >= 11 is 0. The van der Waals surface area contributed by atoms with Gasteiger partial charge in [0.1, 0.15) is 9.84 Å². The van der Waals surface area contributed by atoms with Crippen LogP contribution < -0.4 is 5.32 Å². The first-order chi connectivity index (χ1) is 8.87. The molecule has 110 valence electrons. The van der Waals surface area contributed by atoms with Crippen molar-refractivity contribution in [2.24, 2.45) is 0 Å². The second kappa shape index (κ2) is 7.05. The molecule has 0 amide bonds. The van der Waals surface area contributed by atoms with Crippen molar-refractivity contribution in [3.63, 3.8) is 0 Å². The highest BCUT2D eigenvalue weighted by atomic mass is 32.2. The van der Waals surface area contributed by atoms with Crippen molar-refractivity contribution < 1.29 is 8.42 Å². The summed E-state index contributed by atoms with van der Waals surface area (Å²) in [5.41, 5.74) is 2.05. The van der Waals surface area contributed by atoms with E-state index in [-0.39, 0.29) is 11.8 Å². The fraction of sp³-hybridized carbons (Fsp3) is 0.769. The lowest BCUT2D eigenvalue weighted by molar-refractivity contribution is 0.468. The Morgan fingerprint density at radius 1 is 1.42 bits per heavy atom. The second-order valence-corrected chi connectivity index (χ2v) is 7.21. The maximum Gasteiger partial charge on any atom is 0.147 e. The maximum absolute atomic E-state index is 11.4. The van der Waals surface area contributed by atoms with Crippen LogP contribution in [0.1, 0.15) is 44.1 Å². The van der Waals surface area contributed by atoms with Gasteiger partial charge in [-0.2, -0.15) is 5.10 Å². The topological polar surface area (TPSA) is 64.0 Å². The van der Waals surface area contributed by atoms with Gasteiger partial charge in [-0.15, -0.1) is 0 Å². The summed E-state index contributed by atoms with van der Waals surface area (Å²) in [6.07, 6.45) is 2.89. The molecule has 1 unspecified atom stereocenters. The van der Waals surface area contributed by atoms with Crippen LogP contribution in [0.25, 0.3) is 0 Å². The lowest BCUT2D eigenvalue weighted by Crippen LogP contribution is -2.26. The van der Waals surface area contributed by atoms with Gasteiger partial charge in [-0.05, 0) is 39.3 Å².